The Bertz CT molecular complexity index is 1120. The Morgan fingerprint density at radius 2 is 1.56 bits per heavy atom. The Morgan fingerprint density at radius 3 is 2.22 bits per heavy atom. The highest BCUT2D eigenvalue weighted by atomic mass is 16.5. The fourth-order valence-corrected chi connectivity index (χ4v) is 4.31. The summed E-state index contributed by atoms with van der Waals surface area (Å²) in [7, 11) is 0. The average molecular weight is 487 g/mol. The van der Waals surface area contributed by atoms with E-state index in [1.165, 1.54) is 0 Å². The van der Waals surface area contributed by atoms with Crippen LogP contribution in [0.2, 0.25) is 0 Å². The van der Waals surface area contributed by atoms with Gasteiger partial charge in [0.05, 0.1) is 0 Å². The van der Waals surface area contributed by atoms with Gasteiger partial charge in [0.25, 0.3) is 5.91 Å². The molecule has 1 atom stereocenters. The molecule has 0 aliphatic heterocycles. The van der Waals surface area contributed by atoms with Crippen LogP contribution in [0.15, 0.2) is 72.8 Å². The Balaban J connectivity index is 1.89. The zero-order chi connectivity index (χ0) is 25.9. The van der Waals surface area contributed by atoms with Gasteiger partial charge in [-0.05, 0) is 61.6 Å². The maximum absolute atomic E-state index is 13.7. The SMILES string of the molecule is CCCCNC(=O)[C@H](Cc1ccccc1)N(Cc1cccc(C)c1)C(=O)COc1cc(C)cc(C)c1. The first kappa shape index (κ1) is 27.0. The van der Waals surface area contributed by atoms with Crippen LogP contribution in [-0.2, 0) is 22.6 Å². The van der Waals surface area contributed by atoms with Crippen molar-refractivity contribution in [1.29, 1.82) is 0 Å². The number of unbranched alkanes of at least 4 members (excludes halogenated alkanes) is 1. The highest BCUT2D eigenvalue weighted by Gasteiger charge is 2.30. The third-order valence-electron chi connectivity index (χ3n) is 6.09. The lowest BCUT2D eigenvalue weighted by atomic mass is 10.0. The molecule has 36 heavy (non-hydrogen) atoms. The van der Waals surface area contributed by atoms with Crippen LogP contribution in [0.4, 0.5) is 0 Å². The number of hydrogen-bond acceptors (Lipinski definition) is 3. The van der Waals surface area contributed by atoms with Crippen LogP contribution in [0.5, 0.6) is 5.75 Å². The summed E-state index contributed by atoms with van der Waals surface area (Å²) in [6, 6.07) is 23.2. The molecule has 0 radical (unpaired) electrons. The van der Waals surface area contributed by atoms with E-state index >= 15 is 0 Å². The van der Waals surface area contributed by atoms with Crippen molar-refractivity contribution in [3.8, 4) is 5.75 Å². The molecule has 0 unspecified atom stereocenters. The summed E-state index contributed by atoms with van der Waals surface area (Å²) in [5.41, 5.74) is 5.25. The molecular formula is C31H38N2O3. The van der Waals surface area contributed by atoms with E-state index in [1.807, 2.05) is 81.4 Å². The molecule has 0 saturated heterocycles. The fourth-order valence-electron chi connectivity index (χ4n) is 4.31. The van der Waals surface area contributed by atoms with Crippen molar-refractivity contribution < 1.29 is 14.3 Å². The van der Waals surface area contributed by atoms with Gasteiger partial charge in [-0.15, -0.1) is 0 Å². The molecule has 0 spiro atoms. The summed E-state index contributed by atoms with van der Waals surface area (Å²) in [5.74, 6) is 0.297. The molecule has 0 aliphatic rings. The summed E-state index contributed by atoms with van der Waals surface area (Å²) in [6.07, 6.45) is 2.31. The number of nitrogens with one attached hydrogen (secondary N) is 1. The molecule has 1 N–H and O–H groups in total. The summed E-state index contributed by atoms with van der Waals surface area (Å²) in [5, 5.41) is 3.05. The Labute approximate surface area is 215 Å². The topological polar surface area (TPSA) is 58.6 Å². The van der Waals surface area contributed by atoms with E-state index in [9.17, 15) is 9.59 Å². The van der Waals surface area contributed by atoms with E-state index in [0.29, 0.717) is 25.3 Å². The molecule has 0 aliphatic carbocycles. The maximum Gasteiger partial charge on any atom is 0.261 e. The largest absolute Gasteiger partial charge is 0.484 e. The van der Waals surface area contributed by atoms with E-state index in [1.54, 1.807) is 4.90 Å². The van der Waals surface area contributed by atoms with Gasteiger partial charge in [0, 0.05) is 19.5 Å². The van der Waals surface area contributed by atoms with Crippen LogP contribution in [0.1, 0.15) is 47.6 Å². The van der Waals surface area contributed by atoms with Gasteiger partial charge in [-0.2, -0.15) is 0 Å². The standard InChI is InChI=1S/C31H38N2O3/c1-5-6-15-32-31(35)29(20-26-12-8-7-9-13-26)33(21-27-14-10-11-23(2)17-27)30(34)22-36-28-18-24(3)16-25(4)19-28/h7-14,16-19,29H,5-6,15,20-22H2,1-4H3,(H,32,35)/t29-/m0/s1. The number of nitrogens with zero attached hydrogens (tertiary/aromatic N) is 1. The van der Waals surface area contributed by atoms with Crippen LogP contribution in [-0.4, -0.2) is 35.9 Å². The number of rotatable bonds is 12. The third kappa shape index (κ3) is 8.26. The first-order valence-electron chi connectivity index (χ1n) is 12.7. The van der Waals surface area contributed by atoms with Gasteiger partial charge in [-0.1, -0.05) is 79.6 Å². The normalized spacial score (nSPS) is 11.6. The molecule has 5 heteroatoms. The molecule has 3 aromatic rings. The molecule has 2 amide bonds. The van der Waals surface area contributed by atoms with Crippen molar-refractivity contribution in [3.05, 3.63) is 101 Å². The van der Waals surface area contributed by atoms with Gasteiger partial charge in [0.2, 0.25) is 5.91 Å². The van der Waals surface area contributed by atoms with E-state index in [0.717, 1.165) is 40.7 Å². The first-order valence-corrected chi connectivity index (χ1v) is 12.7. The van der Waals surface area contributed by atoms with Crippen molar-refractivity contribution in [1.82, 2.24) is 10.2 Å². The van der Waals surface area contributed by atoms with Gasteiger partial charge in [-0.25, -0.2) is 0 Å². The minimum absolute atomic E-state index is 0.137. The lowest BCUT2D eigenvalue weighted by Gasteiger charge is -2.31. The average Bonchev–Trinajstić information content (AvgIpc) is 2.85. The van der Waals surface area contributed by atoms with E-state index < -0.39 is 6.04 Å². The van der Waals surface area contributed by atoms with Crippen LogP contribution in [0, 0.1) is 20.8 Å². The molecule has 190 valence electrons. The number of carbonyl (C=O) groups excluding carboxylic acids is 2. The summed E-state index contributed by atoms with van der Waals surface area (Å²) in [4.78, 5) is 28.8. The smallest absolute Gasteiger partial charge is 0.261 e. The van der Waals surface area contributed by atoms with Gasteiger partial charge < -0.3 is 15.0 Å². The van der Waals surface area contributed by atoms with Crippen molar-refractivity contribution in [2.75, 3.05) is 13.2 Å². The van der Waals surface area contributed by atoms with Gasteiger partial charge in [-0.3, -0.25) is 9.59 Å². The van der Waals surface area contributed by atoms with Crippen LogP contribution >= 0.6 is 0 Å². The predicted molar refractivity (Wildman–Crippen MR) is 145 cm³/mol. The van der Waals surface area contributed by atoms with E-state index in [-0.39, 0.29) is 18.4 Å². The van der Waals surface area contributed by atoms with Gasteiger partial charge >= 0.3 is 0 Å². The van der Waals surface area contributed by atoms with Crippen LogP contribution in [0.3, 0.4) is 0 Å². The van der Waals surface area contributed by atoms with Crippen LogP contribution < -0.4 is 10.1 Å². The zero-order valence-electron chi connectivity index (χ0n) is 21.9. The monoisotopic (exact) mass is 486 g/mol. The number of aryl methyl sites for hydroxylation is 3. The molecule has 0 fully saturated rings. The quantitative estimate of drug-likeness (QED) is 0.342. The minimum atomic E-state index is -0.653. The molecule has 0 aromatic heterocycles. The van der Waals surface area contributed by atoms with E-state index in [2.05, 4.69) is 24.4 Å². The molecule has 0 saturated carbocycles. The molecule has 0 heterocycles. The Hall–Kier alpha value is -3.60. The number of hydrogen-bond donors (Lipinski definition) is 1. The second kappa shape index (κ2) is 13.5. The summed E-state index contributed by atoms with van der Waals surface area (Å²) >= 11 is 0. The number of ether oxygens (including phenoxy) is 1. The maximum atomic E-state index is 13.7. The van der Waals surface area contributed by atoms with E-state index in [4.69, 9.17) is 4.74 Å². The van der Waals surface area contributed by atoms with Crippen molar-refractivity contribution in [2.45, 2.75) is 59.5 Å². The number of carbonyl (C=O) groups is 2. The number of benzene rings is 3. The van der Waals surface area contributed by atoms with Gasteiger partial charge in [0.15, 0.2) is 6.61 Å². The van der Waals surface area contributed by atoms with Crippen LogP contribution in [0.25, 0.3) is 0 Å². The first-order chi connectivity index (χ1) is 17.4. The highest BCUT2D eigenvalue weighted by Crippen LogP contribution is 2.19. The lowest BCUT2D eigenvalue weighted by Crippen LogP contribution is -2.51. The molecule has 5 nitrogen and oxygen atoms in total. The van der Waals surface area contributed by atoms with Crippen molar-refractivity contribution in [3.63, 3.8) is 0 Å². The number of amides is 2. The predicted octanol–water partition coefficient (Wildman–Crippen LogP) is 5.55. The van der Waals surface area contributed by atoms with Crippen molar-refractivity contribution in [2.24, 2.45) is 0 Å². The minimum Gasteiger partial charge on any atom is -0.484 e. The lowest BCUT2D eigenvalue weighted by molar-refractivity contribution is -0.142. The highest BCUT2D eigenvalue weighted by molar-refractivity contribution is 5.88. The molecule has 3 rings (SSSR count). The second-order valence-electron chi connectivity index (χ2n) is 9.47. The van der Waals surface area contributed by atoms with Gasteiger partial charge in [0.1, 0.15) is 11.8 Å². The Kier molecular flexibility index (Phi) is 10.1. The van der Waals surface area contributed by atoms with Crippen molar-refractivity contribution >= 4 is 11.8 Å². The fraction of sp³-hybridized carbons (Fsp3) is 0.355. The zero-order valence-corrected chi connectivity index (χ0v) is 21.9. The summed E-state index contributed by atoms with van der Waals surface area (Å²) < 4.78 is 5.93. The second-order valence-corrected chi connectivity index (χ2v) is 9.47. The third-order valence-corrected chi connectivity index (χ3v) is 6.09. The molecular weight excluding hydrogens is 448 g/mol. The Morgan fingerprint density at radius 1 is 0.861 bits per heavy atom. The molecule has 3 aromatic carbocycles. The summed E-state index contributed by atoms with van der Waals surface area (Å²) in [6.45, 7) is 8.90. The molecule has 0 bridgehead atoms.